The van der Waals surface area contributed by atoms with Crippen LogP contribution in [0.25, 0.3) is 133 Å². The van der Waals surface area contributed by atoms with E-state index in [0.29, 0.717) is 0 Å². The van der Waals surface area contributed by atoms with Gasteiger partial charge in [-0.15, -0.1) is 0 Å². The molecule has 22 aromatic carbocycles. The zero-order valence-corrected chi connectivity index (χ0v) is 85.3. The third-order valence-electron chi connectivity index (χ3n) is 31.2. The average Bonchev–Trinajstić information content (AvgIpc) is 1.37. The van der Waals surface area contributed by atoms with E-state index in [1.807, 2.05) is 0 Å². The topological polar surface area (TPSA) is 16.3 Å². The van der Waals surface area contributed by atoms with Gasteiger partial charge in [-0.05, 0) is 255 Å². The fraction of sp³-hybridized carbons (Fsp3) is 0.0571. The molecule has 0 bridgehead atoms. The Labute approximate surface area is 863 Å². The minimum atomic E-state index is -3.71. The first-order chi connectivity index (χ1) is 72.1. The highest BCUT2D eigenvalue weighted by Gasteiger charge is 2.49. The van der Waals surface area contributed by atoms with E-state index in [2.05, 4.69) is 600 Å². The summed E-state index contributed by atoms with van der Waals surface area (Å²) in [5, 5.41) is 15.1. The number of benzene rings is 22. The lowest BCUT2D eigenvalue weighted by molar-refractivity contribution is 0.590. The highest BCUT2D eigenvalue weighted by Crippen LogP contribution is 2.52. The summed E-state index contributed by atoms with van der Waals surface area (Å²) >= 11 is 0. The molecule has 698 valence electrons. The zero-order valence-electron chi connectivity index (χ0n) is 83.3. The van der Waals surface area contributed by atoms with Crippen LogP contribution in [0.3, 0.4) is 0 Å². The molecule has 2 aliphatic heterocycles. The van der Waals surface area contributed by atoms with Crippen molar-refractivity contribution in [3.63, 3.8) is 0 Å². The maximum absolute atomic E-state index is 3.71. The number of anilines is 6. The smallest absolute Gasteiger partial charge is 0.252 e. The highest BCUT2D eigenvalue weighted by atomic mass is 28.3. The van der Waals surface area contributed by atoms with Gasteiger partial charge in [0, 0.05) is 66.9 Å². The third kappa shape index (κ3) is 15.4. The molecule has 4 heterocycles. The Kier molecular flexibility index (Phi) is 22.2. The molecule has 0 unspecified atom stereocenters. The Morgan fingerprint density at radius 3 is 0.891 bits per heavy atom. The first-order valence-corrected chi connectivity index (χ1v) is 55.5. The van der Waals surface area contributed by atoms with Gasteiger partial charge in [0.1, 0.15) is 0 Å². The number of hydrogen-bond acceptors (Lipinski definition) is 2. The number of aromatic nitrogens is 2. The Morgan fingerprint density at radius 2 is 0.490 bits per heavy atom. The maximum Gasteiger partial charge on any atom is 0.252 e. The van der Waals surface area contributed by atoms with Crippen molar-refractivity contribution in [3.8, 4) is 89.3 Å². The molecule has 0 N–H and O–H groups in total. The van der Waals surface area contributed by atoms with E-state index in [1.54, 1.807) is 0 Å². The van der Waals surface area contributed by atoms with Crippen LogP contribution in [0.15, 0.2) is 540 Å². The standard InChI is InChI=1S/C140H107BN4Si2/c1-139(2,3)109-72-79-132-125(91-109)126-92-110(140(4,5)6)73-80-133(126)143(132)112-75-77-128-135(94-112)145(131-78-71-104(98-47-21-9-22-48-98)88-124(131)101-53-27-12-28-54-101)137-90-108(89-136-138(137)141(128)127-76-74-111(142-129-69-39-37-67-122(129)123-68-38-40-70-130(123)142)93-134(127)144(136)113-82-105(99-49-23-10-24-50-99)81-106(83-113)100-51-25-11-26-52-100)107-86-120(146(114-57-29-13-30-58-114,115-59-31-14-32-60-115)118-65-41-55-102(84-118)96-43-17-7-18-44-96)95-121(87-107)147(116-61-33-15-34-62-116,117-63-35-16-36-64-117)119-66-42-56-103(85-119)97-45-19-8-20-46-97/h7-95H,1-6H3. The second kappa shape index (κ2) is 36.4. The number of para-hydroxylation sites is 2. The van der Waals surface area contributed by atoms with Crippen LogP contribution in [0.5, 0.6) is 0 Å². The van der Waals surface area contributed by atoms with Crippen molar-refractivity contribution in [1.29, 1.82) is 0 Å². The van der Waals surface area contributed by atoms with Gasteiger partial charge >= 0.3 is 0 Å². The van der Waals surface area contributed by atoms with E-state index in [9.17, 15) is 0 Å². The van der Waals surface area contributed by atoms with Gasteiger partial charge in [0.15, 0.2) is 16.1 Å². The molecule has 0 radical (unpaired) electrons. The number of hydrogen-bond donors (Lipinski definition) is 0. The molecule has 4 nitrogen and oxygen atoms in total. The van der Waals surface area contributed by atoms with Crippen LogP contribution < -0.4 is 67.7 Å². The van der Waals surface area contributed by atoms with E-state index in [-0.39, 0.29) is 17.5 Å². The summed E-state index contributed by atoms with van der Waals surface area (Å²) in [5.41, 5.74) is 34.8. The van der Waals surface area contributed by atoms with Crippen LogP contribution in [-0.2, 0) is 10.8 Å². The van der Waals surface area contributed by atoms with Crippen LogP contribution in [0.1, 0.15) is 52.7 Å². The molecule has 2 aliphatic rings. The van der Waals surface area contributed by atoms with Gasteiger partial charge in [0.2, 0.25) is 0 Å². The quantitative estimate of drug-likeness (QED) is 0.0593. The van der Waals surface area contributed by atoms with Crippen LogP contribution >= 0.6 is 0 Å². The van der Waals surface area contributed by atoms with Crippen LogP contribution in [-0.4, -0.2) is 32.0 Å². The normalized spacial score (nSPS) is 12.5. The number of nitrogens with zero attached hydrogens (tertiary/aromatic N) is 4. The summed E-state index contributed by atoms with van der Waals surface area (Å²) in [4.78, 5) is 5.45. The Balaban J connectivity index is 0.864. The van der Waals surface area contributed by atoms with Gasteiger partial charge in [-0.25, -0.2) is 0 Å². The molecule has 24 aromatic rings. The lowest BCUT2D eigenvalue weighted by atomic mass is 9.33. The highest BCUT2D eigenvalue weighted by molar-refractivity contribution is 7.22. The summed E-state index contributed by atoms with van der Waals surface area (Å²) in [6, 6.07) is 208. The predicted octanol–water partition coefficient (Wildman–Crippen LogP) is 29.0. The van der Waals surface area contributed by atoms with Crippen LogP contribution in [0, 0.1) is 0 Å². The molecule has 7 heteroatoms. The molecule has 0 fully saturated rings. The van der Waals surface area contributed by atoms with Crippen LogP contribution in [0.4, 0.5) is 34.1 Å². The molecule has 0 aliphatic carbocycles. The lowest BCUT2D eigenvalue weighted by Gasteiger charge is -2.45. The molecular weight excluding hydrogens is 1800 g/mol. The first-order valence-electron chi connectivity index (χ1n) is 51.5. The van der Waals surface area contributed by atoms with E-state index in [4.69, 9.17) is 0 Å². The molecule has 0 amide bonds. The van der Waals surface area contributed by atoms with E-state index < -0.39 is 16.1 Å². The van der Waals surface area contributed by atoms with Gasteiger partial charge in [-0.3, -0.25) is 0 Å². The van der Waals surface area contributed by atoms with Crippen LogP contribution in [0.2, 0.25) is 0 Å². The minimum absolute atomic E-state index is 0.116. The van der Waals surface area contributed by atoms with Gasteiger partial charge in [0.05, 0.1) is 27.8 Å². The second-order valence-corrected chi connectivity index (χ2v) is 49.4. The first kappa shape index (κ1) is 89.6. The third-order valence-corrected chi connectivity index (χ3v) is 40.7. The van der Waals surface area contributed by atoms with Gasteiger partial charge in [-0.2, -0.15) is 0 Å². The van der Waals surface area contributed by atoms with Gasteiger partial charge in [0.25, 0.3) is 6.71 Å². The lowest BCUT2D eigenvalue weighted by Crippen LogP contribution is -2.78. The molecule has 26 rings (SSSR count). The van der Waals surface area contributed by atoms with Crippen molar-refractivity contribution in [2.45, 2.75) is 52.4 Å². The molecule has 0 saturated carbocycles. The predicted molar refractivity (Wildman–Crippen MR) is 632 cm³/mol. The summed E-state index contributed by atoms with van der Waals surface area (Å²) in [5.74, 6) is 0. The molecule has 0 spiro atoms. The van der Waals surface area contributed by atoms with Crippen molar-refractivity contribution in [2.24, 2.45) is 0 Å². The summed E-state index contributed by atoms with van der Waals surface area (Å²) in [7, 11) is -7.42. The fourth-order valence-corrected chi connectivity index (χ4v) is 34.1. The van der Waals surface area contributed by atoms with E-state index in [1.165, 1.54) is 102 Å². The fourth-order valence-electron chi connectivity index (χ4n) is 24.2. The van der Waals surface area contributed by atoms with Gasteiger partial charge in [-0.1, -0.05) is 478 Å². The van der Waals surface area contributed by atoms with Crippen molar-refractivity contribution in [2.75, 3.05) is 9.80 Å². The van der Waals surface area contributed by atoms with Gasteiger partial charge < -0.3 is 18.9 Å². The Hall–Kier alpha value is -17.5. The molecule has 0 atom stereocenters. The SMILES string of the molecule is CC(C)(C)c1ccc2c(c1)c1cc(C(C)(C)C)ccc1n2-c1ccc2c(c1)N(c1ccc(-c3ccccc3)cc1-c1ccccc1)c1cc(-c3cc([Si](c4ccccc4)(c4ccccc4)c4cccc(-c5ccccc5)c4)cc([Si](c4ccccc4)(c4ccccc4)c4cccc(-c5ccccc5)c4)c3)cc3c1B2c1ccc(-n2c4ccccc4c4ccccc42)cc1N3c1cc(-c2ccccc2)cc(-c2ccccc2)c1. The van der Waals surface area contributed by atoms with Crippen molar-refractivity contribution in [1.82, 2.24) is 9.13 Å². The molecule has 0 saturated heterocycles. The van der Waals surface area contributed by atoms with Crippen molar-refractivity contribution < 1.29 is 0 Å². The summed E-state index contributed by atoms with van der Waals surface area (Å²) < 4.78 is 5.10. The molecule has 147 heavy (non-hydrogen) atoms. The summed E-state index contributed by atoms with van der Waals surface area (Å²) in [6.07, 6.45) is 0. The largest absolute Gasteiger partial charge is 0.311 e. The Bertz CT molecular complexity index is 8710. The van der Waals surface area contributed by atoms with Crippen molar-refractivity contribution >= 4 is 158 Å². The zero-order chi connectivity index (χ0) is 98.6. The molecule has 2 aromatic heterocycles. The summed E-state index contributed by atoms with van der Waals surface area (Å²) in [6.45, 7) is 13.7. The second-order valence-electron chi connectivity index (χ2n) is 41.8. The Morgan fingerprint density at radius 1 is 0.177 bits per heavy atom. The molecular formula is C140H107BN4Si2. The monoisotopic (exact) mass is 1910 g/mol. The number of rotatable bonds is 19. The van der Waals surface area contributed by atoms with Crippen molar-refractivity contribution in [3.05, 3.63) is 551 Å². The van der Waals surface area contributed by atoms with E-state index >= 15 is 0 Å². The maximum atomic E-state index is 2.75. The minimum Gasteiger partial charge on any atom is -0.311 e. The number of fused-ring (bicyclic) bond motifs is 10. The van der Waals surface area contributed by atoms with E-state index in [0.717, 1.165) is 134 Å². The average molecular weight is 1910 g/mol.